The van der Waals surface area contributed by atoms with Gasteiger partial charge in [-0.25, -0.2) is 0 Å². The van der Waals surface area contributed by atoms with Crippen molar-refractivity contribution < 1.29 is 5.11 Å². The van der Waals surface area contributed by atoms with E-state index in [0.717, 1.165) is 37.2 Å². The third kappa shape index (κ3) is 3.47. The first-order valence-corrected chi connectivity index (χ1v) is 8.27. The molecule has 0 aliphatic heterocycles. The van der Waals surface area contributed by atoms with Crippen molar-refractivity contribution >= 4 is 0 Å². The van der Waals surface area contributed by atoms with Crippen molar-refractivity contribution in [1.82, 2.24) is 0 Å². The lowest BCUT2D eigenvalue weighted by atomic mass is 9.64. The minimum Gasteiger partial charge on any atom is -0.391 e. The first kappa shape index (κ1) is 16.0. The highest BCUT2D eigenvalue weighted by atomic mass is 16.3. The van der Waals surface area contributed by atoms with Gasteiger partial charge in [-0.05, 0) is 37.2 Å². The predicted octanol–water partition coefficient (Wildman–Crippen LogP) is 4.65. The van der Waals surface area contributed by atoms with Crippen LogP contribution in [-0.4, -0.2) is 11.2 Å². The molecule has 0 spiro atoms. The lowest BCUT2D eigenvalue weighted by molar-refractivity contribution is 0.00956. The molecule has 2 heteroatoms. The normalized spacial score (nSPS) is 28.6. The Morgan fingerprint density at radius 2 is 1.90 bits per heavy atom. The Kier molecular flexibility index (Phi) is 5.42. The maximum absolute atomic E-state index is 10.8. The van der Waals surface area contributed by atoms with Crippen LogP contribution in [0.3, 0.4) is 0 Å². The topological polar surface area (TPSA) is 44.0 Å². The Hall–Kier alpha value is -1.33. The number of rotatable bonds is 5. The average molecular weight is 285 g/mol. The summed E-state index contributed by atoms with van der Waals surface area (Å²) >= 11 is 0. The summed E-state index contributed by atoms with van der Waals surface area (Å²) < 4.78 is 0. The Labute approximate surface area is 128 Å². The molecule has 21 heavy (non-hydrogen) atoms. The summed E-state index contributed by atoms with van der Waals surface area (Å²) in [6, 6.07) is 12.5. The first-order valence-electron chi connectivity index (χ1n) is 8.27. The molecule has 0 heterocycles. The lowest BCUT2D eigenvalue weighted by Crippen LogP contribution is -2.40. The van der Waals surface area contributed by atoms with Crippen LogP contribution in [0.2, 0.25) is 0 Å². The zero-order chi connectivity index (χ0) is 15.3. The smallest absolute Gasteiger partial charge is 0.0838 e. The van der Waals surface area contributed by atoms with Gasteiger partial charge in [-0.3, -0.25) is 0 Å². The van der Waals surface area contributed by atoms with E-state index in [0.29, 0.717) is 0 Å². The van der Waals surface area contributed by atoms with E-state index in [-0.39, 0.29) is 5.92 Å². The number of hydrogen-bond donors (Lipinski definition) is 1. The van der Waals surface area contributed by atoms with Crippen LogP contribution in [0.5, 0.6) is 0 Å². The summed E-state index contributed by atoms with van der Waals surface area (Å²) in [6.07, 6.45) is 5.74. The van der Waals surface area contributed by atoms with Gasteiger partial charge in [0.15, 0.2) is 0 Å². The molecule has 1 N–H and O–H groups in total. The van der Waals surface area contributed by atoms with Gasteiger partial charge >= 0.3 is 0 Å². The molecule has 2 rings (SSSR count). The molecule has 0 amide bonds. The van der Waals surface area contributed by atoms with Crippen LogP contribution in [0, 0.1) is 22.7 Å². The second kappa shape index (κ2) is 7.09. The van der Waals surface area contributed by atoms with E-state index >= 15 is 0 Å². The number of aliphatic hydroxyl groups excluding tert-OH is 1. The maximum Gasteiger partial charge on any atom is 0.0838 e. The summed E-state index contributed by atoms with van der Waals surface area (Å²) in [6.45, 7) is 4.26. The molecule has 2 nitrogen and oxygen atoms in total. The fourth-order valence-corrected chi connectivity index (χ4v) is 3.78. The monoisotopic (exact) mass is 285 g/mol. The fourth-order valence-electron chi connectivity index (χ4n) is 3.78. The Morgan fingerprint density at radius 1 is 1.29 bits per heavy atom. The molecule has 1 aliphatic rings. The summed E-state index contributed by atoms with van der Waals surface area (Å²) in [5.41, 5.74) is 0.565. The van der Waals surface area contributed by atoms with Gasteiger partial charge in [-0.1, -0.05) is 57.0 Å². The molecule has 2 unspecified atom stereocenters. The number of hydrogen-bond acceptors (Lipinski definition) is 2. The Morgan fingerprint density at radius 3 is 2.43 bits per heavy atom. The van der Waals surface area contributed by atoms with Crippen molar-refractivity contribution in [3.8, 4) is 6.07 Å². The van der Waals surface area contributed by atoms with Crippen LogP contribution in [0.1, 0.15) is 63.9 Å². The van der Waals surface area contributed by atoms with Gasteiger partial charge in [0.25, 0.3) is 0 Å². The zero-order valence-corrected chi connectivity index (χ0v) is 13.3. The van der Waals surface area contributed by atoms with Crippen LogP contribution in [0.4, 0.5) is 0 Å². The summed E-state index contributed by atoms with van der Waals surface area (Å²) in [7, 11) is 0. The van der Waals surface area contributed by atoms with Crippen molar-refractivity contribution in [3.05, 3.63) is 35.9 Å². The highest BCUT2D eigenvalue weighted by Crippen LogP contribution is 2.45. The number of nitriles is 1. The summed E-state index contributed by atoms with van der Waals surface area (Å²) in [4.78, 5) is 0. The molecule has 0 bridgehead atoms. The van der Waals surface area contributed by atoms with E-state index < -0.39 is 11.5 Å². The maximum atomic E-state index is 10.8. The van der Waals surface area contributed by atoms with Crippen LogP contribution in [-0.2, 0) is 0 Å². The molecule has 1 aromatic rings. The van der Waals surface area contributed by atoms with E-state index in [1.807, 2.05) is 37.3 Å². The van der Waals surface area contributed by atoms with Gasteiger partial charge < -0.3 is 5.11 Å². The van der Waals surface area contributed by atoms with Gasteiger partial charge in [0, 0.05) is 5.92 Å². The highest BCUT2D eigenvalue weighted by molar-refractivity contribution is 5.22. The molecular weight excluding hydrogens is 258 g/mol. The minimum atomic E-state index is -0.576. The van der Waals surface area contributed by atoms with Gasteiger partial charge in [0.2, 0.25) is 0 Å². The SMILES string of the molecule is CCCC1CCC(C#N)(C(O)C(C)c2ccccc2)CC1. The lowest BCUT2D eigenvalue weighted by Gasteiger charge is -2.40. The number of benzene rings is 1. The van der Waals surface area contributed by atoms with Gasteiger partial charge in [0.1, 0.15) is 0 Å². The van der Waals surface area contributed by atoms with E-state index in [9.17, 15) is 10.4 Å². The fraction of sp³-hybridized carbons (Fsp3) is 0.632. The summed E-state index contributed by atoms with van der Waals surface area (Å²) in [5.74, 6) is 0.754. The van der Waals surface area contributed by atoms with E-state index in [1.165, 1.54) is 12.8 Å². The molecule has 2 atom stereocenters. The summed E-state index contributed by atoms with van der Waals surface area (Å²) in [5, 5.41) is 20.6. The second-order valence-electron chi connectivity index (χ2n) is 6.64. The Balaban J connectivity index is 2.09. The number of nitrogens with zero attached hydrogens (tertiary/aromatic N) is 1. The third-order valence-corrected chi connectivity index (χ3v) is 5.28. The molecule has 0 radical (unpaired) electrons. The second-order valence-corrected chi connectivity index (χ2v) is 6.64. The van der Waals surface area contributed by atoms with Crippen LogP contribution < -0.4 is 0 Å². The molecule has 114 valence electrons. The van der Waals surface area contributed by atoms with Crippen LogP contribution in [0.25, 0.3) is 0 Å². The Bertz CT molecular complexity index is 468. The van der Waals surface area contributed by atoms with Crippen molar-refractivity contribution in [2.24, 2.45) is 11.3 Å². The van der Waals surface area contributed by atoms with Gasteiger partial charge in [0.05, 0.1) is 17.6 Å². The standard InChI is InChI=1S/C19H27NO/c1-3-7-16-10-12-19(14-20,13-11-16)18(21)15(2)17-8-5-4-6-9-17/h4-6,8-9,15-16,18,21H,3,7,10-13H2,1-2H3. The molecule has 1 fully saturated rings. The van der Waals surface area contributed by atoms with Crippen LogP contribution >= 0.6 is 0 Å². The van der Waals surface area contributed by atoms with Crippen molar-refractivity contribution in [2.75, 3.05) is 0 Å². The van der Waals surface area contributed by atoms with Crippen molar-refractivity contribution in [3.63, 3.8) is 0 Å². The minimum absolute atomic E-state index is 0.00794. The van der Waals surface area contributed by atoms with Crippen LogP contribution in [0.15, 0.2) is 30.3 Å². The van der Waals surface area contributed by atoms with Gasteiger partial charge in [-0.2, -0.15) is 5.26 Å². The molecule has 1 aliphatic carbocycles. The molecule has 1 aromatic carbocycles. The molecule has 0 saturated heterocycles. The van der Waals surface area contributed by atoms with Gasteiger partial charge in [-0.15, -0.1) is 0 Å². The zero-order valence-electron chi connectivity index (χ0n) is 13.3. The molecule has 0 aromatic heterocycles. The van der Waals surface area contributed by atoms with Crippen molar-refractivity contribution in [1.29, 1.82) is 5.26 Å². The quantitative estimate of drug-likeness (QED) is 0.855. The van der Waals surface area contributed by atoms with E-state index in [2.05, 4.69) is 13.0 Å². The molecular formula is C19H27NO. The van der Waals surface area contributed by atoms with E-state index in [1.54, 1.807) is 0 Å². The highest BCUT2D eigenvalue weighted by Gasteiger charge is 2.43. The van der Waals surface area contributed by atoms with E-state index in [4.69, 9.17) is 0 Å². The average Bonchev–Trinajstić information content (AvgIpc) is 2.55. The van der Waals surface area contributed by atoms with Crippen molar-refractivity contribution in [2.45, 2.75) is 64.4 Å². The largest absolute Gasteiger partial charge is 0.391 e. The first-order chi connectivity index (χ1) is 10.1. The predicted molar refractivity (Wildman–Crippen MR) is 85.8 cm³/mol. The number of aliphatic hydroxyl groups is 1. The third-order valence-electron chi connectivity index (χ3n) is 5.28. The molecule has 1 saturated carbocycles.